The number of hydrogen-bond acceptors (Lipinski definition) is 5. The van der Waals surface area contributed by atoms with Gasteiger partial charge in [0.15, 0.2) is 0 Å². The van der Waals surface area contributed by atoms with Crippen LogP contribution in [0.1, 0.15) is 24.7 Å². The molecule has 3 heterocycles. The van der Waals surface area contributed by atoms with Gasteiger partial charge in [0, 0.05) is 22.3 Å². The van der Waals surface area contributed by atoms with E-state index < -0.39 is 0 Å². The van der Waals surface area contributed by atoms with E-state index in [1.807, 2.05) is 11.4 Å². The smallest absolute Gasteiger partial charge is 0.230 e. The van der Waals surface area contributed by atoms with Gasteiger partial charge in [0.1, 0.15) is 0 Å². The Morgan fingerprint density at radius 2 is 2.50 bits per heavy atom. The minimum absolute atomic E-state index is 0.417. The number of rotatable bonds is 2. The zero-order valence-electron chi connectivity index (χ0n) is 9.65. The summed E-state index contributed by atoms with van der Waals surface area (Å²) >= 11 is 5.07. The van der Waals surface area contributed by atoms with E-state index >= 15 is 0 Å². The van der Waals surface area contributed by atoms with Crippen LogP contribution in [-0.2, 0) is 0 Å². The molecule has 6 heteroatoms. The summed E-state index contributed by atoms with van der Waals surface area (Å²) in [5.41, 5.74) is 0.417. The second-order valence-corrected chi connectivity index (χ2v) is 6.96. The lowest BCUT2D eigenvalue weighted by Gasteiger charge is -2.02. The molecule has 1 N–H and O–H groups in total. The quantitative estimate of drug-likeness (QED) is 0.922. The van der Waals surface area contributed by atoms with Crippen molar-refractivity contribution >= 4 is 27.3 Å². The Labute approximate surface area is 117 Å². The van der Waals surface area contributed by atoms with E-state index in [0.29, 0.717) is 17.2 Å². The van der Waals surface area contributed by atoms with Crippen molar-refractivity contribution in [1.29, 1.82) is 0 Å². The van der Waals surface area contributed by atoms with Gasteiger partial charge in [0.05, 0.1) is 4.88 Å². The highest BCUT2D eigenvalue weighted by molar-refractivity contribution is 9.10. The summed E-state index contributed by atoms with van der Waals surface area (Å²) in [6.45, 7) is 2.22. The standard InChI is InChI=1S/C12H12BrN3OS/c13-7-3-9(18-5-7)10-15-11(17-16-10)8-4-12(8)1-2-14-6-12/h3,5,8,14H,1-2,4,6H2. The molecule has 18 heavy (non-hydrogen) atoms. The van der Waals surface area contributed by atoms with E-state index in [2.05, 4.69) is 31.4 Å². The molecule has 4 rings (SSSR count). The van der Waals surface area contributed by atoms with Crippen molar-refractivity contribution in [2.24, 2.45) is 5.41 Å². The summed E-state index contributed by atoms with van der Waals surface area (Å²) < 4.78 is 6.51. The summed E-state index contributed by atoms with van der Waals surface area (Å²) in [6.07, 6.45) is 2.43. The molecule has 0 aromatic carbocycles. The lowest BCUT2D eigenvalue weighted by molar-refractivity contribution is 0.364. The Morgan fingerprint density at radius 3 is 3.22 bits per heavy atom. The van der Waals surface area contributed by atoms with Gasteiger partial charge < -0.3 is 9.84 Å². The Hall–Kier alpha value is -0.720. The summed E-state index contributed by atoms with van der Waals surface area (Å²) in [5, 5.41) is 9.55. The van der Waals surface area contributed by atoms with Gasteiger partial charge in [-0.1, -0.05) is 5.16 Å². The highest BCUT2D eigenvalue weighted by atomic mass is 79.9. The third-order valence-corrected chi connectivity index (χ3v) is 5.68. The van der Waals surface area contributed by atoms with Crippen LogP contribution in [0.5, 0.6) is 0 Å². The molecule has 2 aromatic heterocycles. The number of hydrogen-bond donors (Lipinski definition) is 1. The van der Waals surface area contributed by atoms with Crippen molar-refractivity contribution in [2.75, 3.05) is 13.1 Å². The van der Waals surface area contributed by atoms with Crippen LogP contribution in [-0.4, -0.2) is 23.2 Å². The fraction of sp³-hybridized carbons (Fsp3) is 0.500. The highest BCUT2D eigenvalue weighted by Gasteiger charge is 2.58. The van der Waals surface area contributed by atoms with Gasteiger partial charge in [0.2, 0.25) is 11.7 Å². The van der Waals surface area contributed by atoms with Crippen molar-refractivity contribution in [3.63, 3.8) is 0 Å². The topological polar surface area (TPSA) is 51.0 Å². The Kier molecular flexibility index (Phi) is 2.40. The third kappa shape index (κ3) is 1.66. The molecular weight excluding hydrogens is 314 g/mol. The van der Waals surface area contributed by atoms with Crippen LogP contribution >= 0.6 is 27.3 Å². The molecule has 0 radical (unpaired) electrons. The maximum absolute atomic E-state index is 5.44. The van der Waals surface area contributed by atoms with E-state index in [9.17, 15) is 0 Å². The van der Waals surface area contributed by atoms with Crippen molar-refractivity contribution < 1.29 is 4.52 Å². The molecule has 1 saturated carbocycles. The van der Waals surface area contributed by atoms with Crippen LogP contribution in [0.15, 0.2) is 20.4 Å². The van der Waals surface area contributed by atoms with Gasteiger partial charge in [-0.3, -0.25) is 0 Å². The number of nitrogens with one attached hydrogen (secondary N) is 1. The van der Waals surface area contributed by atoms with E-state index in [4.69, 9.17) is 4.52 Å². The average Bonchev–Trinajstić information content (AvgIpc) is 2.84. The Bertz CT molecular complexity index is 588. The number of thiophene rings is 1. The second-order valence-electron chi connectivity index (χ2n) is 5.13. The van der Waals surface area contributed by atoms with Crippen LogP contribution < -0.4 is 5.32 Å². The van der Waals surface area contributed by atoms with Crippen LogP contribution in [0.3, 0.4) is 0 Å². The average molecular weight is 326 g/mol. The SMILES string of the molecule is Brc1csc(-c2noc(C3CC34CCNC4)n2)c1. The second kappa shape index (κ2) is 3.88. The molecular formula is C12H12BrN3OS. The molecule has 4 nitrogen and oxygen atoms in total. The lowest BCUT2D eigenvalue weighted by atomic mass is 10.0. The van der Waals surface area contributed by atoms with Crippen molar-refractivity contribution in [3.8, 4) is 10.7 Å². The molecule has 1 aliphatic carbocycles. The zero-order chi connectivity index (χ0) is 12.2. The van der Waals surface area contributed by atoms with Gasteiger partial charge >= 0.3 is 0 Å². The van der Waals surface area contributed by atoms with Gasteiger partial charge in [-0.25, -0.2) is 0 Å². The molecule has 94 valence electrons. The van der Waals surface area contributed by atoms with Crippen LogP contribution in [0.25, 0.3) is 10.7 Å². The normalized spacial score (nSPS) is 30.2. The number of halogens is 1. The molecule has 2 atom stereocenters. The molecule has 2 aliphatic rings. The minimum Gasteiger partial charge on any atom is -0.339 e. The number of nitrogens with zero attached hydrogens (tertiary/aromatic N) is 2. The molecule has 1 spiro atoms. The van der Waals surface area contributed by atoms with Gasteiger partial charge in [-0.05, 0) is 46.8 Å². The largest absolute Gasteiger partial charge is 0.339 e. The Balaban J connectivity index is 1.60. The highest BCUT2D eigenvalue weighted by Crippen LogP contribution is 2.62. The number of aromatic nitrogens is 2. The minimum atomic E-state index is 0.417. The van der Waals surface area contributed by atoms with Crippen LogP contribution in [0.2, 0.25) is 0 Å². The maximum Gasteiger partial charge on any atom is 0.230 e. The van der Waals surface area contributed by atoms with Crippen molar-refractivity contribution in [2.45, 2.75) is 18.8 Å². The molecule has 0 bridgehead atoms. The van der Waals surface area contributed by atoms with E-state index in [-0.39, 0.29) is 0 Å². The molecule has 1 aliphatic heterocycles. The first-order valence-electron chi connectivity index (χ1n) is 6.06. The van der Waals surface area contributed by atoms with Gasteiger partial charge in [-0.15, -0.1) is 11.3 Å². The fourth-order valence-electron chi connectivity index (χ4n) is 2.84. The van der Waals surface area contributed by atoms with E-state index in [0.717, 1.165) is 28.3 Å². The van der Waals surface area contributed by atoms with E-state index in [1.54, 1.807) is 11.3 Å². The summed E-state index contributed by atoms with van der Waals surface area (Å²) in [5.74, 6) is 2.00. The molecule has 2 aromatic rings. The molecule has 2 unspecified atom stereocenters. The maximum atomic E-state index is 5.44. The first-order chi connectivity index (χ1) is 8.77. The molecule has 2 fully saturated rings. The van der Waals surface area contributed by atoms with Crippen LogP contribution in [0.4, 0.5) is 0 Å². The van der Waals surface area contributed by atoms with E-state index in [1.165, 1.54) is 12.8 Å². The van der Waals surface area contributed by atoms with Gasteiger partial charge in [0.25, 0.3) is 0 Å². The lowest BCUT2D eigenvalue weighted by Crippen LogP contribution is -2.10. The zero-order valence-corrected chi connectivity index (χ0v) is 12.1. The van der Waals surface area contributed by atoms with Gasteiger partial charge in [-0.2, -0.15) is 4.98 Å². The molecule has 1 saturated heterocycles. The summed E-state index contributed by atoms with van der Waals surface area (Å²) in [6, 6.07) is 2.03. The monoisotopic (exact) mass is 325 g/mol. The van der Waals surface area contributed by atoms with Crippen molar-refractivity contribution in [1.82, 2.24) is 15.5 Å². The first kappa shape index (κ1) is 11.1. The third-order valence-electron chi connectivity index (χ3n) is 3.99. The predicted molar refractivity (Wildman–Crippen MR) is 72.6 cm³/mol. The Morgan fingerprint density at radius 1 is 1.56 bits per heavy atom. The molecule has 0 amide bonds. The fourth-order valence-corrected chi connectivity index (χ4v) is 4.19. The summed E-state index contributed by atoms with van der Waals surface area (Å²) in [7, 11) is 0. The first-order valence-corrected chi connectivity index (χ1v) is 7.73. The summed E-state index contributed by atoms with van der Waals surface area (Å²) in [4.78, 5) is 5.61. The van der Waals surface area contributed by atoms with Crippen LogP contribution in [0, 0.1) is 5.41 Å². The predicted octanol–water partition coefficient (Wildman–Crippen LogP) is 3.03. The van der Waals surface area contributed by atoms with Crippen molar-refractivity contribution in [3.05, 3.63) is 21.8 Å².